The zero-order chi connectivity index (χ0) is 20.3. The second-order valence-electron chi connectivity index (χ2n) is 6.89. The van der Waals surface area contributed by atoms with Gasteiger partial charge in [-0.1, -0.05) is 53.7 Å². The van der Waals surface area contributed by atoms with Crippen molar-refractivity contribution >= 4 is 29.3 Å². The van der Waals surface area contributed by atoms with E-state index in [2.05, 4.69) is 30.6 Å². The summed E-state index contributed by atoms with van der Waals surface area (Å²) in [5, 5.41) is 22.6. The van der Waals surface area contributed by atoms with Gasteiger partial charge in [0.2, 0.25) is 5.95 Å². The van der Waals surface area contributed by atoms with Crippen LogP contribution in [0.5, 0.6) is 0 Å². The number of hydrogen-bond donors (Lipinski definition) is 0. The number of para-hydroxylation sites is 2. The number of thioether (sulfide) groups is 1. The van der Waals surface area contributed by atoms with E-state index in [9.17, 15) is 0 Å². The summed E-state index contributed by atoms with van der Waals surface area (Å²) in [6.45, 7) is 1.94. The van der Waals surface area contributed by atoms with Crippen molar-refractivity contribution in [2.75, 3.05) is 18.0 Å². The molecule has 2 aromatic heterocycles. The molecule has 2 aromatic carbocycles. The minimum Gasteiger partial charge on any atom is -0.341 e. The van der Waals surface area contributed by atoms with Gasteiger partial charge >= 0.3 is 0 Å². The van der Waals surface area contributed by atoms with E-state index in [0.29, 0.717) is 10.8 Å². The Kier molecular flexibility index (Phi) is 5.37. The third-order valence-corrected chi connectivity index (χ3v) is 6.21. The molecule has 0 saturated carbocycles. The van der Waals surface area contributed by atoms with Crippen LogP contribution in [0.1, 0.15) is 18.7 Å². The number of anilines is 1. The van der Waals surface area contributed by atoms with Crippen molar-refractivity contribution in [1.29, 1.82) is 0 Å². The van der Waals surface area contributed by atoms with Crippen LogP contribution in [0.15, 0.2) is 59.8 Å². The van der Waals surface area contributed by atoms with Gasteiger partial charge in [0, 0.05) is 13.1 Å². The van der Waals surface area contributed by atoms with Crippen LogP contribution in [-0.4, -0.2) is 48.1 Å². The number of rotatable bonds is 6. The molecule has 1 aliphatic heterocycles. The molecule has 0 unspecified atom stereocenters. The molecule has 1 fully saturated rings. The molecule has 3 heterocycles. The number of hydrogen-bond acceptors (Lipinski definition) is 7. The first-order valence-electron chi connectivity index (χ1n) is 9.72. The molecule has 0 spiro atoms. The van der Waals surface area contributed by atoms with Crippen molar-refractivity contribution < 1.29 is 0 Å². The smallest absolute Gasteiger partial charge is 0.232 e. The first-order valence-corrected chi connectivity index (χ1v) is 11.1. The summed E-state index contributed by atoms with van der Waals surface area (Å²) < 4.78 is 3.78. The van der Waals surface area contributed by atoms with Crippen molar-refractivity contribution in [1.82, 2.24) is 35.0 Å². The quantitative estimate of drug-likeness (QED) is 0.424. The maximum Gasteiger partial charge on any atom is 0.232 e. The van der Waals surface area contributed by atoms with Gasteiger partial charge in [0.05, 0.1) is 22.2 Å². The Labute approximate surface area is 182 Å². The number of aromatic nitrogens is 7. The van der Waals surface area contributed by atoms with Gasteiger partial charge in [0.15, 0.2) is 11.0 Å². The molecule has 8 nitrogen and oxygen atoms in total. The third-order valence-electron chi connectivity index (χ3n) is 4.96. The third kappa shape index (κ3) is 3.66. The summed E-state index contributed by atoms with van der Waals surface area (Å²) in [6, 6.07) is 17.6. The van der Waals surface area contributed by atoms with Crippen LogP contribution < -0.4 is 4.90 Å². The fourth-order valence-corrected chi connectivity index (χ4v) is 4.58. The molecule has 0 radical (unpaired) electrons. The van der Waals surface area contributed by atoms with E-state index in [1.807, 2.05) is 59.2 Å². The Balaban J connectivity index is 1.47. The van der Waals surface area contributed by atoms with Crippen LogP contribution in [0.3, 0.4) is 0 Å². The molecule has 4 aromatic rings. The molecule has 10 heteroatoms. The summed E-state index contributed by atoms with van der Waals surface area (Å²) in [7, 11) is 0. The van der Waals surface area contributed by atoms with Gasteiger partial charge in [0.1, 0.15) is 0 Å². The molecule has 5 rings (SSSR count). The van der Waals surface area contributed by atoms with Crippen LogP contribution >= 0.6 is 23.4 Å². The second kappa shape index (κ2) is 8.45. The monoisotopic (exact) mass is 438 g/mol. The summed E-state index contributed by atoms with van der Waals surface area (Å²) in [5.74, 6) is 2.11. The fourth-order valence-electron chi connectivity index (χ4n) is 3.52. The first kappa shape index (κ1) is 19.1. The highest BCUT2D eigenvalue weighted by Gasteiger charge is 2.24. The van der Waals surface area contributed by atoms with E-state index in [-0.39, 0.29) is 0 Å². The van der Waals surface area contributed by atoms with Gasteiger partial charge in [-0.2, -0.15) is 4.68 Å². The van der Waals surface area contributed by atoms with Gasteiger partial charge in [0.25, 0.3) is 0 Å². The predicted octanol–water partition coefficient (Wildman–Crippen LogP) is 3.79. The van der Waals surface area contributed by atoms with Gasteiger partial charge < -0.3 is 4.90 Å². The average molecular weight is 439 g/mol. The van der Waals surface area contributed by atoms with Crippen LogP contribution in [0.2, 0.25) is 5.02 Å². The largest absolute Gasteiger partial charge is 0.341 e. The summed E-state index contributed by atoms with van der Waals surface area (Å²) in [5.41, 5.74) is 1.79. The van der Waals surface area contributed by atoms with Gasteiger partial charge in [-0.3, -0.25) is 4.57 Å². The van der Waals surface area contributed by atoms with Crippen LogP contribution in [0.4, 0.5) is 5.95 Å². The maximum atomic E-state index is 6.53. The highest BCUT2D eigenvalue weighted by Crippen LogP contribution is 2.32. The van der Waals surface area contributed by atoms with Crippen molar-refractivity contribution in [2.24, 2.45) is 0 Å². The van der Waals surface area contributed by atoms with Crippen molar-refractivity contribution in [2.45, 2.75) is 23.8 Å². The van der Waals surface area contributed by atoms with E-state index in [1.54, 1.807) is 4.68 Å². The average Bonchev–Trinajstić information content (AvgIpc) is 3.53. The lowest BCUT2D eigenvalue weighted by molar-refractivity contribution is 0.777. The SMILES string of the molecule is Clc1ccccc1-n1c(SCc2nnnn2-c2ccccc2)nnc1N1CCCC1. The normalized spacial score (nSPS) is 13.8. The van der Waals surface area contributed by atoms with Crippen LogP contribution in [-0.2, 0) is 5.75 Å². The van der Waals surface area contributed by atoms with Gasteiger partial charge in [-0.05, 0) is 47.5 Å². The first-order chi connectivity index (χ1) is 14.8. The molecule has 152 valence electrons. The lowest BCUT2D eigenvalue weighted by atomic mass is 10.3. The molecule has 0 bridgehead atoms. The highest BCUT2D eigenvalue weighted by atomic mass is 35.5. The Morgan fingerprint density at radius 3 is 2.47 bits per heavy atom. The topological polar surface area (TPSA) is 77.5 Å². The molecule has 30 heavy (non-hydrogen) atoms. The minimum absolute atomic E-state index is 0.546. The highest BCUT2D eigenvalue weighted by molar-refractivity contribution is 7.98. The molecule has 0 aliphatic carbocycles. The molecule has 1 aliphatic rings. The van der Waals surface area contributed by atoms with Gasteiger partial charge in [-0.15, -0.1) is 15.3 Å². The van der Waals surface area contributed by atoms with E-state index in [1.165, 1.54) is 11.8 Å². The molecular formula is C20H19ClN8S. The predicted molar refractivity (Wildman–Crippen MR) is 117 cm³/mol. The molecular weight excluding hydrogens is 420 g/mol. The lowest BCUT2D eigenvalue weighted by Gasteiger charge is -2.19. The summed E-state index contributed by atoms with van der Waals surface area (Å²) >= 11 is 8.07. The molecule has 1 saturated heterocycles. The molecule has 0 atom stereocenters. The second-order valence-corrected chi connectivity index (χ2v) is 8.24. The Morgan fingerprint density at radius 2 is 1.67 bits per heavy atom. The zero-order valence-electron chi connectivity index (χ0n) is 16.1. The van der Waals surface area contributed by atoms with Crippen molar-refractivity contribution in [3.05, 3.63) is 65.4 Å². The minimum atomic E-state index is 0.546. The van der Waals surface area contributed by atoms with Crippen molar-refractivity contribution in [3.63, 3.8) is 0 Å². The molecule has 0 N–H and O–H groups in total. The van der Waals surface area contributed by atoms with E-state index >= 15 is 0 Å². The lowest BCUT2D eigenvalue weighted by Crippen LogP contribution is -2.22. The standard InChI is InChI=1S/C20H19ClN8S/c21-16-10-4-5-11-17(16)28-19(27-12-6-7-13-27)23-24-20(28)30-14-18-22-25-26-29(18)15-8-2-1-3-9-15/h1-5,8-11H,6-7,12-14H2. The van der Waals surface area contributed by atoms with Crippen molar-refractivity contribution in [3.8, 4) is 11.4 Å². The maximum absolute atomic E-state index is 6.53. The van der Waals surface area contributed by atoms with E-state index in [4.69, 9.17) is 11.6 Å². The summed E-state index contributed by atoms with van der Waals surface area (Å²) in [6.07, 6.45) is 2.31. The summed E-state index contributed by atoms with van der Waals surface area (Å²) in [4.78, 5) is 2.26. The number of nitrogens with zero attached hydrogens (tertiary/aromatic N) is 8. The number of benzene rings is 2. The van der Waals surface area contributed by atoms with Gasteiger partial charge in [-0.25, -0.2) is 0 Å². The zero-order valence-corrected chi connectivity index (χ0v) is 17.7. The number of halogens is 1. The van der Waals surface area contributed by atoms with E-state index in [0.717, 1.165) is 54.2 Å². The van der Waals surface area contributed by atoms with Crippen LogP contribution in [0.25, 0.3) is 11.4 Å². The Hall–Kier alpha value is -2.91. The Morgan fingerprint density at radius 1 is 0.900 bits per heavy atom. The molecule has 0 amide bonds. The van der Waals surface area contributed by atoms with Crippen LogP contribution in [0, 0.1) is 0 Å². The Bertz CT molecular complexity index is 1140. The fraction of sp³-hybridized carbons (Fsp3) is 0.250. The van der Waals surface area contributed by atoms with E-state index < -0.39 is 0 Å². The number of tetrazole rings is 1.